The molecule has 0 bridgehead atoms. The van der Waals surface area contributed by atoms with Crippen LogP contribution in [0.1, 0.15) is 5.56 Å². The summed E-state index contributed by atoms with van der Waals surface area (Å²) < 4.78 is 24.3. The lowest BCUT2D eigenvalue weighted by Crippen LogP contribution is -2.09. The molecule has 106 valence electrons. The van der Waals surface area contributed by atoms with Crippen molar-refractivity contribution in [1.82, 2.24) is 9.97 Å². The predicted molar refractivity (Wildman–Crippen MR) is 79.1 cm³/mol. The van der Waals surface area contributed by atoms with Crippen LogP contribution in [0.4, 0.5) is 0 Å². The third-order valence-corrected chi connectivity index (χ3v) is 5.56. The van der Waals surface area contributed by atoms with Crippen molar-refractivity contribution in [3.8, 4) is 0 Å². The van der Waals surface area contributed by atoms with E-state index in [9.17, 15) is 8.42 Å². The molecule has 0 aliphatic carbocycles. The summed E-state index contributed by atoms with van der Waals surface area (Å²) >= 11 is 1.38. The van der Waals surface area contributed by atoms with Gasteiger partial charge in [0.1, 0.15) is 5.03 Å². The average molecular weight is 309 g/mol. The maximum atomic E-state index is 12.1. The van der Waals surface area contributed by atoms with Crippen molar-refractivity contribution in [3.05, 3.63) is 48.4 Å². The molecule has 1 aromatic carbocycles. The van der Waals surface area contributed by atoms with Crippen molar-refractivity contribution in [2.75, 3.05) is 11.5 Å². The molecule has 0 aliphatic heterocycles. The van der Waals surface area contributed by atoms with Crippen LogP contribution in [0.5, 0.6) is 0 Å². The molecule has 0 radical (unpaired) electrons. The summed E-state index contributed by atoms with van der Waals surface area (Å²) in [5.41, 5.74) is 6.40. The maximum absolute atomic E-state index is 12.1. The highest BCUT2D eigenvalue weighted by atomic mass is 32.2. The van der Waals surface area contributed by atoms with Gasteiger partial charge in [0, 0.05) is 24.7 Å². The molecule has 1 aromatic heterocycles. The van der Waals surface area contributed by atoms with Crippen LogP contribution in [0.2, 0.25) is 0 Å². The second kappa shape index (κ2) is 6.83. The smallest absolute Gasteiger partial charge is 0.179 e. The first-order valence-corrected chi connectivity index (χ1v) is 8.66. The Morgan fingerprint density at radius 1 is 1.15 bits per heavy atom. The van der Waals surface area contributed by atoms with Gasteiger partial charge >= 0.3 is 0 Å². The Morgan fingerprint density at radius 2 is 1.90 bits per heavy atom. The highest BCUT2D eigenvalue weighted by molar-refractivity contribution is 8.00. The third kappa shape index (κ3) is 4.03. The zero-order chi connectivity index (χ0) is 14.4. The van der Waals surface area contributed by atoms with E-state index in [1.807, 2.05) is 0 Å². The van der Waals surface area contributed by atoms with Crippen molar-refractivity contribution in [2.45, 2.75) is 16.5 Å². The standard InChI is InChI=1S/C13H15N3O2S2/c14-9-11-1-3-12(4-2-11)20(17,18)8-7-19-13-10-15-5-6-16-13/h1-6,10H,7-9,14H2. The quantitative estimate of drug-likeness (QED) is 0.814. The summed E-state index contributed by atoms with van der Waals surface area (Å²) in [4.78, 5) is 8.35. The zero-order valence-electron chi connectivity index (χ0n) is 10.8. The summed E-state index contributed by atoms with van der Waals surface area (Å²) in [7, 11) is -3.27. The Hall–Kier alpha value is -1.44. The minimum Gasteiger partial charge on any atom is -0.326 e. The lowest BCUT2D eigenvalue weighted by atomic mass is 10.2. The highest BCUT2D eigenvalue weighted by Gasteiger charge is 2.14. The molecular formula is C13H15N3O2S2. The highest BCUT2D eigenvalue weighted by Crippen LogP contribution is 2.17. The molecule has 20 heavy (non-hydrogen) atoms. The molecule has 0 atom stereocenters. The average Bonchev–Trinajstić information content (AvgIpc) is 2.48. The van der Waals surface area contributed by atoms with Crippen LogP contribution in [0.3, 0.4) is 0 Å². The molecule has 2 rings (SSSR count). The summed E-state index contributed by atoms with van der Waals surface area (Å²) in [5, 5.41) is 0.723. The van der Waals surface area contributed by atoms with Crippen molar-refractivity contribution < 1.29 is 8.42 Å². The fourth-order valence-electron chi connectivity index (χ4n) is 1.57. The summed E-state index contributed by atoms with van der Waals surface area (Å²) in [6.07, 6.45) is 4.79. The number of hydrogen-bond donors (Lipinski definition) is 1. The topological polar surface area (TPSA) is 85.9 Å². The first-order valence-electron chi connectivity index (χ1n) is 6.02. The number of thioether (sulfide) groups is 1. The number of nitrogens with two attached hydrogens (primary N) is 1. The van der Waals surface area contributed by atoms with Crippen LogP contribution >= 0.6 is 11.8 Å². The van der Waals surface area contributed by atoms with Crippen molar-refractivity contribution in [1.29, 1.82) is 0 Å². The van der Waals surface area contributed by atoms with Gasteiger partial charge in [0.05, 0.1) is 16.8 Å². The Bertz CT molecular complexity index is 643. The van der Waals surface area contributed by atoms with Crippen LogP contribution < -0.4 is 5.73 Å². The van der Waals surface area contributed by atoms with E-state index < -0.39 is 9.84 Å². The van der Waals surface area contributed by atoms with Crippen molar-refractivity contribution in [2.24, 2.45) is 5.73 Å². The first-order chi connectivity index (χ1) is 9.62. The Balaban J connectivity index is 1.96. The lowest BCUT2D eigenvalue weighted by Gasteiger charge is -2.05. The molecule has 7 heteroatoms. The third-order valence-electron chi connectivity index (χ3n) is 2.66. The van der Waals surface area contributed by atoms with Crippen molar-refractivity contribution >= 4 is 21.6 Å². The second-order valence-corrected chi connectivity index (χ2v) is 7.28. The lowest BCUT2D eigenvalue weighted by molar-refractivity contribution is 0.597. The summed E-state index contributed by atoms with van der Waals surface area (Å²) in [6.45, 7) is 0.406. The molecule has 0 saturated heterocycles. The normalized spacial score (nSPS) is 11.4. The van der Waals surface area contributed by atoms with Gasteiger partial charge in [0.2, 0.25) is 0 Å². The van der Waals surface area contributed by atoms with Gasteiger partial charge in [-0.2, -0.15) is 0 Å². The Morgan fingerprint density at radius 3 is 2.50 bits per heavy atom. The molecule has 1 heterocycles. The molecular weight excluding hydrogens is 294 g/mol. The minimum absolute atomic E-state index is 0.0657. The van der Waals surface area contributed by atoms with E-state index in [1.165, 1.54) is 11.8 Å². The van der Waals surface area contributed by atoms with E-state index in [-0.39, 0.29) is 5.75 Å². The van der Waals surface area contributed by atoms with Crippen LogP contribution in [0.15, 0.2) is 52.8 Å². The van der Waals surface area contributed by atoms with Crippen molar-refractivity contribution in [3.63, 3.8) is 0 Å². The van der Waals surface area contributed by atoms with Crippen LogP contribution in [0, 0.1) is 0 Å². The Labute approximate surface area is 122 Å². The number of hydrogen-bond acceptors (Lipinski definition) is 6. The zero-order valence-corrected chi connectivity index (χ0v) is 12.4. The second-order valence-electron chi connectivity index (χ2n) is 4.06. The number of rotatable bonds is 6. The summed E-state index contributed by atoms with van der Waals surface area (Å²) in [5.74, 6) is 0.510. The van der Waals surface area contributed by atoms with Gasteiger partial charge in [-0.1, -0.05) is 12.1 Å². The first kappa shape index (κ1) is 15.0. The monoisotopic (exact) mass is 309 g/mol. The number of nitrogens with zero attached hydrogens (tertiary/aromatic N) is 2. The molecule has 5 nitrogen and oxygen atoms in total. The Kier molecular flexibility index (Phi) is 5.11. The largest absolute Gasteiger partial charge is 0.326 e. The molecule has 0 unspecified atom stereocenters. The fraction of sp³-hybridized carbons (Fsp3) is 0.231. The van der Waals surface area contributed by atoms with Crippen LogP contribution in [-0.2, 0) is 16.4 Å². The molecule has 2 N–H and O–H groups in total. The van der Waals surface area contributed by atoms with Gasteiger partial charge in [-0.15, -0.1) is 11.8 Å². The number of sulfone groups is 1. The molecule has 2 aromatic rings. The molecule has 0 aliphatic rings. The minimum atomic E-state index is -3.27. The maximum Gasteiger partial charge on any atom is 0.179 e. The van der Waals surface area contributed by atoms with E-state index in [4.69, 9.17) is 5.73 Å². The molecule has 0 amide bonds. The van der Waals surface area contributed by atoms with E-state index in [0.29, 0.717) is 17.2 Å². The van der Waals surface area contributed by atoms with E-state index >= 15 is 0 Å². The van der Waals surface area contributed by atoms with E-state index in [2.05, 4.69) is 9.97 Å². The fourth-order valence-corrected chi connectivity index (χ4v) is 4.04. The van der Waals surface area contributed by atoms with Gasteiger partial charge in [-0.3, -0.25) is 4.98 Å². The molecule has 0 fully saturated rings. The summed E-state index contributed by atoms with van der Waals surface area (Å²) in [6, 6.07) is 6.68. The van der Waals surface area contributed by atoms with Gasteiger partial charge in [0.25, 0.3) is 0 Å². The molecule has 0 spiro atoms. The van der Waals surface area contributed by atoms with E-state index in [1.54, 1.807) is 42.9 Å². The van der Waals surface area contributed by atoms with E-state index in [0.717, 1.165) is 10.6 Å². The number of benzene rings is 1. The van der Waals surface area contributed by atoms with Gasteiger partial charge in [-0.25, -0.2) is 13.4 Å². The predicted octanol–water partition coefficient (Wildman–Crippen LogP) is 1.50. The van der Waals surface area contributed by atoms with Gasteiger partial charge in [0.15, 0.2) is 9.84 Å². The SMILES string of the molecule is NCc1ccc(S(=O)(=O)CCSc2cnccn2)cc1. The van der Waals surface area contributed by atoms with Crippen LogP contribution in [0.25, 0.3) is 0 Å². The molecule has 0 saturated carbocycles. The van der Waals surface area contributed by atoms with Crippen LogP contribution in [-0.4, -0.2) is 29.9 Å². The van der Waals surface area contributed by atoms with Gasteiger partial charge in [-0.05, 0) is 17.7 Å². The number of aromatic nitrogens is 2. The van der Waals surface area contributed by atoms with Gasteiger partial charge < -0.3 is 5.73 Å².